The van der Waals surface area contributed by atoms with Gasteiger partial charge in [0.15, 0.2) is 5.78 Å². The molecule has 0 bridgehead atoms. The fraction of sp³-hybridized carbons (Fsp3) is 0.167. The van der Waals surface area contributed by atoms with Crippen LogP contribution in [0.2, 0.25) is 5.02 Å². The van der Waals surface area contributed by atoms with Gasteiger partial charge in [-0.2, -0.15) is 0 Å². The first-order valence-corrected chi connectivity index (χ1v) is 3.43. The molecule has 0 unspecified atom stereocenters. The number of ketones is 1. The fourth-order valence-corrected chi connectivity index (χ4v) is 0.941. The zero-order valence-corrected chi connectivity index (χ0v) is 6.86. The Balaban J connectivity index is 3.59. The van der Waals surface area contributed by atoms with Gasteiger partial charge in [-0.1, -0.05) is 11.6 Å². The molecular weight excluding hydrogens is 184 g/mol. The molecule has 1 aromatic rings. The summed E-state index contributed by atoms with van der Waals surface area (Å²) in [5, 5.41) is -0.290. The van der Waals surface area contributed by atoms with Crippen molar-refractivity contribution in [1.29, 1.82) is 0 Å². The number of aromatic nitrogens is 2. The Morgan fingerprint density at radius 1 is 1.33 bits per heavy atom. The Hall–Kier alpha value is -1.36. The highest BCUT2D eigenvalue weighted by Gasteiger charge is 2.09. The number of Topliss-reactive ketones (excluding diaryl/α,β-unsaturated/α-hetero) is 1. The van der Waals surface area contributed by atoms with Gasteiger partial charge < -0.3 is 4.98 Å². The van der Waals surface area contributed by atoms with Crippen LogP contribution in [0, 0.1) is 0 Å². The Bertz CT molecular complexity index is 431. The van der Waals surface area contributed by atoms with E-state index in [0.29, 0.717) is 0 Å². The molecule has 12 heavy (non-hydrogen) atoms. The number of aromatic amines is 2. The van der Waals surface area contributed by atoms with Crippen molar-refractivity contribution in [2.45, 2.75) is 6.92 Å². The summed E-state index contributed by atoms with van der Waals surface area (Å²) in [5.41, 5.74) is -1.66. The first kappa shape index (κ1) is 8.73. The molecule has 0 aliphatic heterocycles. The van der Waals surface area contributed by atoms with Crippen molar-refractivity contribution in [2.75, 3.05) is 0 Å². The van der Waals surface area contributed by atoms with E-state index < -0.39 is 17.0 Å². The maximum absolute atomic E-state index is 10.8. The minimum atomic E-state index is -0.759. The van der Waals surface area contributed by atoms with E-state index >= 15 is 0 Å². The van der Waals surface area contributed by atoms with Crippen molar-refractivity contribution in [1.82, 2.24) is 9.97 Å². The van der Waals surface area contributed by atoms with Crippen molar-refractivity contribution in [2.24, 2.45) is 0 Å². The standard InChI is InChI=1S/C6H5ClN2O3/c1-2(10)4-3(7)5(11)9-6(12)8-4/h1H3,(H2,8,9,11,12). The Morgan fingerprint density at radius 3 is 2.42 bits per heavy atom. The first-order chi connectivity index (χ1) is 5.52. The van der Waals surface area contributed by atoms with Gasteiger partial charge in [0.25, 0.3) is 5.56 Å². The van der Waals surface area contributed by atoms with E-state index in [1.807, 2.05) is 4.98 Å². The van der Waals surface area contributed by atoms with Gasteiger partial charge in [-0.3, -0.25) is 14.6 Å². The molecule has 1 rings (SSSR count). The minimum absolute atomic E-state index is 0.162. The normalized spacial score (nSPS) is 9.83. The van der Waals surface area contributed by atoms with Gasteiger partial charge in [0.2, 0.25) is 0 Å². The van der Waals surface area contributed by atoms with E-state index in [9.17, 15) is 14.4 Å². The molecule has 0 aliphatic carbocycles. The van der Waals surface area contributed by atoms with E-state index in [0.717, 1.165) is 0 Å². The quantitative estimate of drug-likeness (QED) is 0.605. The molecule has 0 amide bonds. The molecule has 0 aromatic carbocycles. The average molecular weight is 189 g/mol. The molecule has 1 aromatic heterocycles. The monoisotopic (exact) mass is 188 g/mol. The number of hydrogen-bond acceptors (Lipinski definition) is 3. The van der Waals surface area contributed by atoms with Crippen LogP contribution in [0.25, 0.3) is 0 Å². The van der Waals surface area contributed by atoms with Crippen LogP contribution in [0.5, 0.6) is 0 Å². The highest BCUT2D eigenvalue weighted by atomic mass is 35.5. The van der Waals surface area contributed by atoms with Gasteiger partial charge in [0.1, 0.15) is 10.7 Å². The molecule has 0 atom stereocenters. The smallest absolute Gasteiger partial charge is 0.303 e. The van der Waals surface area contributed by atoms with Crippen LogP contribution < -0.4 is 11.2 Å². The van der Waals surface area contributed by atoms with Crippen LogP contribution in [-0.2, 0) is 0 Å². The van der Waals surface area contributed by atoms with E-state index in [2.05, 4.69) is 4.98 Å². The van der Waals surface area contributed by atoms with Crippen LogP contribution in [0.1, 0.15) is 17.4 Å². The lowest BCUT2D eigenvalue weighted by Crippen LogP contribution is -2.25. The summed E-state index contributed by atoms with van der Waals surface area (Å²) in [7, 11) is 0. The van der Waals surface area contributed by atoms with Gasteiger partial charge in [-0.25, -0.2) is 4.79 Å². The lowest BCUT2D eigenvalue weighted by atomic mass is 10.3. The molecule has 0 spiro atoms. The number of carbonyl (C=O) groups excluding carboxylic acids is 1. The highest BCUT2D eigenvalue weighted by Crippen LogP contribution is 2.04. The summed E-state index contributed by atoms with van der Waals surface area (Å²) in [5.74, 6) is -0.455. The van der Waals surface area contributed by atoms with Gasteiger partial charge in [-0.15, -0.1) is 0 Å². The maximum Gasteiger partial charge on any atom is 0.326 e. The molecule has 6 heteroatoms. The topological polar surface area (TPSA) is 82.8 Å². The van der Waals surface area contributed by atoms with E-state index in [-0.39, 0.29) is 10.7 Å². The van der Waals surface area contributed by atoms with Crippen molar-refractivity contribution >= 4 is 17.4 Å². The molecular formula is C6H5ClN2O3. The Kier molecular flexibility index (Phi) is 2.14. The zero-order valence-electron chi connectivity index (χ0n) is 6.10. The summed E-state index contributed by atoms with van der Waals surface area (Å²) < 4.78 is 0. The zero-order chi connectivity index (χ0) is 9.30. The van der Waals surface area contributed by atoms with Crippen LogP contribution >= 0.6 is 11.6 Å². The predicted octanol–water partition coefficient (Wildman–Crippen LogP) is -0.0808. The molecule has 2 N–H and O–H groups in total. The summed E-state index contributed by atoms with van der Waals surface area (Å²) in [6, 6.07) is 0. The number of nitrogens with one attached hydrogen (secondary N) is 2. The molecule has 5 nitrogen and oxygen atoms in total. The van der Waals surface area contributed by atoms with Crippen molar-refractivity contribution < 1.29 is 4.79 Å². The predicted molar refractivity (Wildman–Crippen MR) is 42.7 cm³/mol. The largest absolute Gasteiger partial charge is 0.326 e. The highest BCUT2D eigenvalue weighted by molar-refractivity contribution is 6.33. The SMILES string of the molecule is CC(=O)c1[nH]c(=O)[nH]c(=O)c1Cl. The molecule has 0 saturated heterocycles. The molecule has 0 aliphatic rings. The van der Waals surface area contributed by atoms with Gasteiger partial charge in [0.05, 0.1) is 0 Å². The third-order valence-electron chi connectivity index (χ3n) is 1.24. The fourth-order valence-electron chi connectivity index (χ4n) is 0.714. The Labute approximate surface area is 71.4 Å². The van der Waals surface area contributed by atoms with E-state index in [1.165, 1.54) is 6.92 Å². The van der Waals surface area contributed by atoms with Gasteiger partial charge >= 0.3 is 5.69 Å². The third kappa shape index (κ3) is 1.45. The molecule has 0 radical (unpaired) electrons. The summed E-state index contributed by atoms with van der Waals surface area (Å²) in [6.07, 6.45) is 0. The lowest BCUT2D eigenvalue weighted by Gasteiger charge is -1.95. The lowest BCUT2D eigenvalue weighted by molar-refractivity contribution is 0.101. The molecule has 1 heterocycles. The molecule has 0 fully saturated rings. The van der Waals surface area contributed by atoms with Crippen molar-refractivity contribution in [3.05, 3.63) is 31.6 Å². The second kappa shape index (κ2) is 2.94. The molecule has 64 valence electrons. The van der Waals surface area contributed by atoms with Crippen LogP contribution in [-0.4, -0.2) is 15.8 Å². The van der Waals surface area contributed by atoms with Gasteiger partial charge in [-0.05, 0) is 0 Å². The van der Waals surface area contributed by atoms with E-state index in [4.69, 9.17) is 11.6 Å². The summed E-state index contributed by atoms with van der Waals surface area (Å²) >= 11 is 5.43. The summed E-state index contributed by atoms with van der Waals surface area (Å²) in [4.78, 5) is 36.2. The maximum atomic E-state index is 10.8. The van der Waals surface area contributed by atoms with E-state index in [1.54, 1.807) is 0 Å². The van der Waals surface area contributed by atoms with Gasteiger partial charge in [0, 0.05) is 6.92 Å². The number of carbonyl (C=O) groups is 1. The van der Waals surface area contributed by atoms with Crippen LogP contribution in [0.3, 0.4) is 0 Å². The number of H-pyrrole nitrogens is 2. The second-order valence-corrected chi connectivity index (χ2v) is 2.53. The Morgan fingerprint density at radius 2 is 1.92 bits per heavy atom. The van der Waals surface area contributed by atoms with Crippen molar-refractivity contribution in [3.63, 3.8) is 0 Å². The second-order valence-electron chi connectivity index (χ2n) is 2.15. The minimum Gasteiger partial charge on any atom is -0.303 e. The van der Waals surface area contributed by atoms with Crippen LogP contribution in [0.15, 0.2) is 9.59 Å². The third-order valence-corrected chi connectivity index (χ3v) is 1.60. The summed E-state index contributed by atoms with van der Waals surface area (Å²) in [6.45, 7) is 1.20. The van der Waals surface area contributed by atoms with Crippen LogP contribution in [0.4, 0.5) is 0 Å². The number of rotatable bonds is 1. The van der Waals surface area contributed by atoms with Crippen molar-refractivity contribution in [3.8, 4) is 0 Å². The molecule has 0 saturated carbocycles. The number of hydrogen-bond donors (Lipinski definition) is 2. The number of halogens is 1. The first-order valence-electron chi connectivity index (χ1n) is 3.05. The average Bonchev–Trinajstić information content (AvgIpc) is 1.96.